The lowest BCUT2D eigenvalue weighted by atomic mass is 9.90. The Bertz CT molecular complexity index is 1750. The van der Waals surface area contributed by atoms with Crippen LogP contribution in [0.25, 0.3) is 33.4 Å². The Kier molecular flexibility index (Phi) is 10.6. The number of nitrogen functional groups attached to an aromatic ring is 1. The zero-order chi connectivity index (χ0) is 33.5. The van der Waals surface area contributed by atoms with Crippen molar-refractivity contribution in [3.8, 4) is 11.3 Å². The van der Waals surface area contributed by atoms with Crippen LogP contribution in [0.2, 0.25) is 0 Å². The normalized spacial score (nSPS) is 18.5. The molecule has 1 aliphatic carbocycles. The predicted molar refractivity (Wildman–Crippen MR) is 179 cm³/mol. The Balaban J connectivity index is 0.000000490. The number of nitrogens with one attached hydrogen (secondary N) is 1. The molecule has 0 bridgehead atoms. The summed E-state index contributed by atoms with van der Waals surface area (Å²) >= 11 is 0. The number of rotatable bonds is 5. The maximum Gasteiger partial charge on any atom is 0.300 e. The van der Waals surface area contributed by atoms with Crippen molar-refractivity contribution in [1.29, 1.82) is 0 Å². The predicted octanol–water partition coefficient (Wildman–Crippen LogP) is 4.87. The van der Waals surface area contributed by atoms with Gasteiger partial charge in [-0.1, -0.05) is 24.3 Å². The third-order valence-electron chi connectivity index (χ3n) is 8.29. The van der Waals surface area contributed by atoms with Gasteiger partial charge in [0.05, 0.1) is 11.4 Å². The van der Waals surface area contributed by atoms with Crippen molar-refractivity contribution in [1.82, 2.24) is 34.5 Å². The monoisotopic (exact) mass is 643 g/mol. The second-order valence-electron chi connectivity index (χ2n) is 11.8. The summed E-state index contributed by atoms with van der Waals surface area (Å²) < 4.78 is 7.91. The van der Waals surface area contributed by atoms with E-state index >= 15 is 0 Å². The average molecular weight is 644 g/mol. The molecule has 0 spiro atoms. The Morgan fingerprint density at radius 3 is 2.15 bits per heavy atom. The van der Waals surface area contributed by atoms with Gasteiger partial charge >= 0.3 is 0 Å². The van der Waals surface area contributed by atoms with Crippen LogP contribution < -0.4 is 11.1 Å². The van der Waals surface area contributed by atoms with Crippen LogP contribution in [-0.4, -0.2) is 96.0 Å². The van der Waals surface area contributed by atoms with Crippen molar-refractivity contribution in [2.24, 2.45) is 0 Å². The zero-order valence-corrected chi connectivity index (χ0v) is 26.8. The molecule has 47 heavy (non-hydrogen) atoms. The van der Waals surface area contributed by atoms with E-state index in [-0.39, 0.29) is 0 Å². The molecule has 14 heteroatoms. The minimum absolute atomic E-state index is 0.305. The Morgan fingerprint density at radius 2 is 1.51 bits per heavy atom. The molecule has 2 aromatic carbocycles. The van der Waals surface area contributed by atoms with Gasteiger partial charge in [0, 0.05) is 57.3 Å². The van der Waals surface area contributed by atoms with Gasteiger partial charge < -0.3 is 30.6 Å². The van der Waals surface area contributed by atoms with E-state index in [1.807, 2.05) is 48.5 Å². The lowest BCUT2D eigenvalue weighted by molar-refractivity contribution is -0.135. The Morgan fingerprint density at radius 1 is 0.894 bits per heavy atom. The second-order valence-corrected chi connectivity index (χ2v) is 11.8. The molecule has 1 saturated carbocycles. The van der Waals surface area contributed by atoms with Crippen LogP contribution >= 0.6 is 0 Å². The summed E-state index contributed by atoms with van der Waals surface area (Å²) in [4.78, 5) is 36.5. The minimum atomic E-state index is -0.833. The highest BCUT2D eigenvalue weighted by molar-refractivity contribution is 5.98. The standard InChI is InChI=1S/C29H33N9O.2C2H4O2/c1-36-14-16-37(17-15-36)21-10-12-22(13-11-21)38-28-25(27(30)31-18-32-28)26(35-38)19-6-8-20(9-7-19)33-29-34-23-4-2-3-5-24(23)39-29;2*1-2(3)4/h2-9,18,21-22H,10-17H2,1H3,(H,33,34)(H2,30,31,32);2*1H3,(H,3,4). The van der Waals surface area contributed by atoms with E-state index in [0.29, 0.717) is 23.9 Å². The molecule has 3 aromatic heterocycles. The van der Waals surface area contributed by atoms with Crippen molar-refractivity contribution in [3.05, 3.63) is 54.9 Å². The maximum absolute atomic E-state index is 9.00. The molecule has 5 N–H and O–H groups in total. The molecule has 0 amide bonds. The first kappa shape index (κ1) is 33.3. The number of hydrogen-bond donors (Lipinski definition) is 4. The topological polar surface area (TPSA) is 189 Å². The number of fused-ring (bicyclic) bond motifs is 2. The summed E-state index contributed by atoms with van der Waals surface area (Å²) in [5.41, 5.74) is 11.4. The van der Waals surface area contributed by atoms with Crippen LogP contribution in [0.3, 0.4) is 0 Å². The van der Waals surface area contributed by atoms with Crippen LogP contribution in [0.5, 0.6) is 0 Å². The number of aliphatic carboxylic acids is 2. The molecular formula is C33H41N9O5. The molecule has 0 atom stereocenters. The molecule has 0 unspecified atom stereocenters. The Labute approximate surface area is 272 Å². The number of piperazine rings is 1. The zero-order valence-electron chi connectivity index (χ0n) is 26.8. The van der Waals surface area contributed by atoms with Gasteiger partial charge in [0.2, 0.25) is 0 Å². The smallest absolute Gasteiger partial charge is 0.300 e. The van der Waals surface area contributed by atoms with Crippen LogP contribution in [0.4, 0.5) is 17.5 Å². The quantitative estimate of drug-likeness (QED) is 0.203. The van der Waals surface area contributed by atoms with Crippen LogP contribution in [0.15, 0.2) is 59.3 Å². The Hall–Kier alpha value is -5.08. The molecule has 248 valence electrons. The van der Waals surface area contributed by atoms with Gasteiger partial charge in [-0.25, -0.2) is 14.6 Å². The fourth-order valence-corrected chi connectivity index (χ4v) is 6.07. The average Bonchev–Trinajstić information content (AvgIpc) is 3.64. The number of benzene rings is 2. The van der Waals surface area contributed by atoms with Gasteiger partial charge in [0.15, 0.2) is 11.2 Å². The molecule has 7 rings (SSSR count). The summed E-state index contributed by atoms with van der Waals surface area (Å²) in [6, 6.07) is 17.2. The number of oxazole rings is 1. The highest BCUT2D eigenvalue weighted by atomic mass is 16.4. The molecular weight excluding hydrogens is 602 g/mol. The van der Waals surface area contributed by atoms with E-state index in [0.717, 1.165) is 78.9 Å². The number of carboxylic acids is 2. The van der Waals surface area contributed by atoms with E-state index in [1.54, 1.807) is 6.33 Å². The van der Waals surface area contributed by atoms with Gasteiger partial charge in [0.25, 0.3) is 18.0 Å². The van der Waals surface area contributed by atoms with Gasteiger partial charge in [-0.3, -0.25) is 14.5 Å². The van der Waals surface area contributed by atoms with E-state index < -0.39 is 11.9 Å². The third kappa shape index (κ3) is 8.40. The van der Waals surface area contributed by atoms with Gasteiger partial charge in [-0.2, -0.15) is 10.1 Å². The summed E-state index contributed by atoms with van der Waals surface area (Å²) in [6.45, 7) is 6.82. The number of aromatic nitrogens is 5. The first-order valence-electron chi connectivity index (χ1n) is 15.6. The summed E-state index contributed by atoms with van der Waals surface area (Å²) in [5.74, 6) is -1.21. The number of nitrogens with zero attached hydrogens (tertiary/aromatic N) is 7. The fourth-order valence-electron chi connectivity index (χ4n) is 6.07. The lowest BCUT2D eigenvalue weighted by Gasteiger charge is -2.41. The second kappa shape index (κ2) is 15.0. The first-order valence-corrected chi connectivity index (χ1v) is 15.6. The van der Waals surface area contributed by atoms with Gasteiger partial charge in [-0.05, 0) is 57.0 Å². The van der Waals surface area contributed by atoms with Crippen LogP contribution in [0.1, 0.15) is 45.6 Å². The van der Waals surface area contributed by atoms with Crippen molar-refractivity contribution in [2.75, 3.05) is 44.3 Å². The van der Waals surface area contributed by atoms with Crippen molar-refractivity contribution < 1.29 is 24.2 Å². The number of carbonyl (C=O) groups is 2. The molecule has 2 aliphatic rings. The molecule has 0 radical (unpaired) electrons. The highest BCUT2D eigenvalue weighted by Crippen LogP contribution is 2.37. The van der Waals surface area contributed by atoms with E-state index in [9.17, 15) is 0 Å². The molecule has 4 heterocycles. The summed E-state index contributed by atoms with van der Waals surface area (Å²) in [6.07, 6.45) is 6.08. The van der Waals surface area contributed by atoms with Crippen LogP contribution in [0, 0.1) is 0 Å². The third-order valence-corrected chi connectivity index (χ3v) is 8.29. The molecule has 1 saturated heterocycles. The number of anilines is 3. The van der Waals surface area contributed by atoms with Crippen molar-refractivity contribution >= 4 is 51.6 Å². The first-order chi connectivity index (χ1) is 22.6. The molecule has 2 fully saturated rings. The maximum atomic E-state index is 9.00. The SMILES string of the molecule is CC(=O)O.CC(=O)O.CN1CCN(C2CCC(n3nc(-c4ccc(Nc5nc6ccccc6o5)cc4)c4c(N)ncnc43)CC2)CC1. The number of carboxylic acid groups (broad SMARTS) is 2. The van der Waals surface area contributed by atoms with Crippen molar-refractivity contribution in [3.63, 3.8) is 0 Å². The number of likely N-dealkylation sites (N-methyl/N-ethyl adjacent to an activating group) is 1. The lowest BCUT2D eigenvalue weighted by Crippen LogP contribution is -2.49. The van der Waals surface area contributed by atoms with E-state index in [2.05, 4.69) is 41.8 Å². The van der Waals surface area contributed by atoms with Gasteiger partial charge in [0.1, 0.15) is 23.4 Å². The fraction of sp³-hybridized carbons (Fsp3) is 0.394. The van der Waals surface area contributed by atoms with Crippen molar-refractivity contribution in [2.45, 2.75) is 51.6 Å². The number of nitrogens with two attached hydrogens (primary N) is 1. The molecule has 14 nitrogen and oxygen atoms in total. The molecule has 1 aliphatic heterocycles. The van der Waals surface area contributed by atoms with Gasteiger partial charge in [-0.15, -0.1) is 0 Å². The van der Waals surface area contributed by atoms with Crippen LogP contribution in [-0.2, 0) is 9.59 Å². The molecule has 5 aromatic rings. The largest absolute Gasteiger partial charge is 0.481 e. The van der Waals surface area contributed by atoms with E-state index in [1.165, 1.54) is 25.9 Å². The minimum Gasteiger partial charge on any atom is -0.481 e. The summed E-state index contributed by atoms with van der Waals surface area (Å²) in [7, 11) is 2.21. The highest BCUT2D eigenvalue weighted by Gasteiger charge is 2.30. The number of para-hydroxylation sites is 2. The summed E-state index contributed by atoms with van der Waals surface area (Å²) in [5, 5.41) is 24.0. The number of hydrogen-bond acceptors (Lipinski definition) is 11. The van der Waals surface area contributed by atoms with E-state index in [4.69, 9.17) is 35.1 Å².